The third kappa shape index (κ3) is 6.75. The molecule has 1 aromatic carbocycles. The highest BCUT2D eigenvalue weighted by Crippen LogP contribution is 2.11. The number of nitrogens with two attached hydrogens (primary N) is 1. The number of carbonyl (C=O) groups is 2. The minimum Gasteiger partial charge on any atom is -0.484 e. The summed E-state index contributed by atoms with van der Waals surface area (Å²) in [5.74, 6) is -0.107. The van der Waals surface area contributed by atoms with E-state index in [4.69, 9.17) is 15.2 Å². The molecule has 0 saturated heterocycles. The van der Waals surface area contributed by atoms with Crippen molar-refractivity contribution >= 4 is 11.9 Å². The second-order valence-electron chi connectivity index (χ2n) is 4.13. The van der Waals surface area contributed by atoms with Gasteiger partial charge in [-0.3, -0.25) is 9.59 Å². The zero-order valence-electron chi connectivity index (χ0n) is 11.6. The largest absolute Gasteiger partial charge is 0.484 e. The Morgan fingerprint density at radius 2 is 1.95 bits per heavy atom. The molecule has 6 heteroatoms. The number of esters is 1. The number of benzene rings is 1. The summed E-state index contributed by atoms with van der Waals surface area (Å²) in [6.45, 7) is 3.28. The van der Waals surface area contributed by atoms with E-state index in [1.54, 1.807) is 19.1 Å². The predicted molar refractivity (Wildman–Crippen MR) is 74.1 cm³/mol. The van der Waals surface area contributed by atoms with Crippen molar-refractivity contribution in [1.29, 1.82) is 0 Å². The molecular formula is C14H20N2O4. The van der Waals surface area contributed by atoms with Crippen LogP contribution in [0.5, 0.6) is 5.75 Å². The van der Waals surface area contributed by atoms with E-state index >= 15 is 0 Å². The van der Waals surface area contributed by atoms with Gasteiger partial charge in [0.25, 0.3) is 5.91 Å². The van der Waals surface area contributed by atoms with Gasteiger partial charge in [-0.25, -0.2) is 0 Å². The lowest BCUT2D eigenvalue weighted by Gasteiger charge is -2.07. The molecule has 0 atom stereocenters. The van der Waals surface area contributed by atoms with E-state index in [1.165, 1.54) is 0 Å². The molecule has 110 valence electrons. The van der Waals surface area contributed by atoms with Crippen LogP contribution < -0.4 is 15.8 Å². The summed E-state index contributed by atoms with van der Waals surface area (Å²) in [5, 5.41) is 3.14. The molecule has 0 spiro atoms. The number of primary amides is 1. The quantitative estimate of drug-likeness (QED) is 0.510. The normalized spacial score (nSPS) is 10.1. The minimum atomic E-state index is -0.505. The van der Waals surface area contributed by atoms with Gasteiger partial charge in [0.15, 0.2) is 6.61 Å². The van der Waals surface area contributed by atoms with Gasteiger partial charge in [0.2, 0.25) is 0 Å². The minimum absolute atomic E-state index is 0.128. The first kappa shape index (κ1) is 16.0. The van der Waals surface area contributed by atoms with Crippen LogP contribution in [0.15, 0.2) is 24.3 Å². The van der Waals surface area contributed by atoms with Crippen LogP contribution in [0.4, 0.5) is 0 Å². The maximum absolute atomic E-state index is 11.1. The first-order chi connectivity index (χ1) is 9.61. The molecule has 0 radical (unpaired) electrons. The molecule has 0 heterocycles. The summed E-state index contributed by atoms with van der Waals surface area (Å²) in [6.07, 6.45) is 0.355. The highest BCUT2D eigenvalue weighted by Gasteiger charge is 2.01. The van der Waals surface area contributed by atoms with E-state index in [1.807, 2.05) is 12.1 Å². The van der Waals surface area contributed by atoms with Crippen LogP contribution in [0.25, 0.3) is 0 Å². The molecular weight excluding hydrogens is 260 g/mol. The van der Waals surface area contributed by atoms with Crippen molar-refractivity contribution in [3.63, 3.8) is 0 Å². The summed E-state index contributed by atoms with van der Waals surface area (Å²) in [7, 11) is 0. The molecule has 3 N–H and O–H groups in total. The Morgan fingerprint density at radius 3 is 2.55 bits per heavy atom. The first-order valence-corrected chi connectivity index (χ1v) is 6.48. The van der Waals surface area contributed by atoms with Crippen LogP contribution in [0, 0.1) is 0 Å². The summed E-state index contributed by atoms with van der Waals surface area (Å²) < 4.78 is 9.97. The van der Waals surface area contributed by atoms with Crippen molar-refractivity contribution in [3.8, 4) is 5.75 Å². The zero-order valence-corrected chi connectivity index (χ0v) is 11.6. The van der Waals surface area contributed by atoms with Crippen LogP contribution in [-0.2, 0) is 20.9 Å². The van der Waals surface area contributed by atoms with Gasteiger partial charge in [-0.05, 0) is 24.6 Å². The maximum atomic E-state index is 11.1. The number of hydrogen-bond donors (Lipinski definition) is 2. The lowest BCUT2D eigenvalue weighted by atomic mass is 10.2. The third-order valence-electron chi connectivity index (χ3n) is 2.44. The van der Waals surface area contributed by atoms with E-state index in [2.05, 4.69) is 5.32 Å². The summed E-state index contributed by atoms with van der Waals surface area (Å²) >= 11 is 0. The third-order valence-corrected chi connectivity index (χ3v) is 2.44. The summed E-state index contributed by atoms with van der Waals surface area (Å²) in [5.41, 5.74) is 6.04. The molecule has 1 amide bonds. The van der Waals surface area contributed by atoms with E-state index < -0.39 is 5.91 Å². The number of ether oxygens (including phenoxy) is 2. The number of nitrogens with one attached hydrogen (secondary N) is 1. The van der Waals surface area contributed by atoms with Gasteiger partial charge >= 0.3 is 5.97 Å². The highest BCUT2D eigenvalue weighted by atomic mass is 16.5. The molecule has 6 nitrogen and oxygen atoms in total. The van der Waals surface area contributed by atoms with Crippen molar-refractivity contribution in [2.75, 3.05) is 19.8 Å². The Kier molecular flexibility index (Phi) is 7.13. The first-order valence-electron chi connectivity index (χ1n) is 6.48. The topological polar surface area (TPSA) is 90.7 Å². The number of hydrogen-bond acceptors (Lipinski definition) is 5. The molecule has 0 bridgehead atoms. The van der Waals surface area contributed by atoms with Crippen molar-refractivity contribution in [1.82, 2.24) is 5.32 Å². The number of rotatable bonds is 9. The monoisotopic (exact) mass is 280 g/mol. The van der Waals surface area contributed by atoms with E-state index in [9.17, 15) is 9.59 Å². The van der Waals surface area contributed by atoms with E-state index in [0.717, 1.165) is 5.56 Å². The second-order valence-corrected chi connectivity index (χ2v) is 4.13. The van der Waals surface area contributed by atoms with Gasteiger partial charge < -0.3 is 20.5 Å². The predicted octanol–water partition coefficient (Wildman–Crippen LogP) is 0.593. The van der Waals surface area contributed by atoms with Gasteiger partial charge in [0.1, 0.15) is 5.75 Å². The molecule has 0 aliphatic rings. The lowest BCUT2D eigenvalue weighted by molar-refractivity contribution is -0.143. The van der Waals surface area contributed by atoms with Crippen LogP contribution in [0.3, 0.4) is 0 Å². The van der Waals surface area contributed by atoms with Crippen molar-refractivity contribution in [3.05, 3.63) is 29.8 Å². The van der Waals surface area contributed by atoms with Gasteiger partial charge in [-0.1, -0.05) is 12.1 Å². The average Bonchev–Trinajstić information content (AvgIpc) is 2.43. The molecule has 1 aromatic rings. The fourth-order valence-electron chi connectivity index (χ4n) is 1.51. The molecule has 0 saturated carbocycles. The van der Waals surface area contributed by atoms with Crippen LogP contribution in [0.1, 0.15) is 18.9 Å². The fraction of sp³-hybridized carbons (Fsp3) is 0.429. The smallest absolute Gasteiger partial charge is 0.307 e. The number of amides is 1. The summed E-state index contributed by atoms with van der Waals surface area (Å²) in [6, 6.07) is 7.30. The van der Waals surface area contributed by atoms with Crippen molar-refractivity contribution in [2.24, 2.45) is 5.73 Å². The zero-order chi connectivity index (χ0) is 14.8. The fourth-order valence-corrected chi connectivity index (χ4v) is 1.51. The summed E-state index contributed by atoms with van der Waals surface area (Å²) in [4.78, 5) is 21.7. The average molecular weight is 280 g/mol. The van der Waals surface area contributed by atoms with Gasteiger partial charge in [-0.2, -0.15) is 0 Å². The van der Waals surface area contributed by atoms with Crippen LogP contribution >= 0.6 is 0 Å². The van der Waals surface area contributed by atoms with E-state index in [-0.39, 0.29) is 12.6 Å². The molecule has 0 unspecified atom stereocenters. The van der Waals surface area contributed by atoms with Crippen molar-refractivity contribution in [2.45, 2.75) is 19.9 Å². The van der Waals surface area contributed by atoms with Crippen molar-refractivity contribution < 1.29 is 19.1 Å². The second kappa shape index (κ2) is 8.92. The Labute approximate surface area is 118 Å². The molecule has 0 aliphatic heterocycles. The Hall–Kier alpha value is -2.08. The molecule has 0 aromatic heterocycles. The Morgan fingerprint density at radius 1 is 1.25 bits per heavy atom. The van der Waals surface area contributed by atoms with Gasteiger partial charge in [0, 0.05) is 13.1 Å². The molecule has 20 heavy (non-hydrogen) atoms. The Bertz CT molecular complexity index is 431. The van der Waals surface area contributed by atoms with Gasteiger partial charge in [-0.15, -0.1) is 0 Å². The number of carbonyl (C=O) groups excluding carboxylic acids is 2. The maximum Gasteiger partial charge on any atom is 0.307 e. The molecule has 0 fully saturated rings. The SMILES string of the molecule is CCOC(=O)CCNCc1ccc(OCC(N)=O)cc1. The standard InChI is InChI=1S/C14H20N2O4/c1-2-19-14(18)7-8-16-9-11-3-5-12(6-4-11)20-10-13(15)17/h3-6,16H,2,7-10H2,1H3,(H2,15,17). The molecule has 0 aliphatic carbocycles. The highest BCUT2D eigenvalue weighted by molar-refractivity contribution is 5.75. The lowest BCUT2D eigenvalue weighted by Crippen LogP contribution is -2.20. The van der Waals surface area contributed by atoms with E-state index in [0.29, 0.717) is 31.9 Å². The van der Waals surface area contributed by atoms with Gasteiger partial charge in [0.05, 0.1) is 13.0 Å². The van der Waals surface area contributed by atoms with Crippen LogP contribution in [0.2, 0.25) is 0 Å². The molecule has 1 rings (SSSR count). The Balaban J connectivity index is 2.24. The van der Waals surface area contributed by atoms with Crippen LogP contribution in [-0.4, -0.2) is 31.6 Å².